The van der Waals surface area contributed by atoms with Crippen molar-refractivity contribution in [2.24, 2.45) is 0 Å². The van der Waals surface area contributed by atoms with Gasteiger partial charge in [0.15, 0.2) is 0 Å². The number of hydrogen-bond acceptors (Lipinski definition) is 3. The Hall–Kier alpha value is -1.35. The molecule has 2 nitrogen and oxygen atoms in total. The van der Waals surface area contributed by atoms with E-state index in [-0.39, 0.29) is 0 Å². The average molecular weight is 261 g/mol. The van der Waals surface area contributed by atoms with Crippen molar-refractivity contribution in [3.05, 3.63) is 48.4 Å². The number of hydrogen-bond donors (Lipinski definition) is 1. The Labute approximate surface area is 113 Å². The van der Waals surface area contributed by atoms with Crippen LogP contribution in [0.2, 0.25) is 0 Å². The molecule has 1 atom stereocenters. The number of aryl methyl sites for hydroxylation is 1. The normalized spacial score (nSPS) is 12.3. The van der Waals surface area contributed by atoms with Gasteiger partial charge in [-0.3, -0.25) is 0 Å². The molecule has 2 rings (SSSR count). The Balaban J connectivity index is 1.80. The van der Waals surface area contributed by atoms with Crippen molar-refractivity contribution in [2.45, 2.75) is 30.7 Å². The predicted molar refractivity (Wildman–Crippen MR) is 78.3 cm³/mol. The molecule has 18 heavy (non-hydrogen) atoms. The molecule has 1 heterocycles. The molecule has 0 saturated heterocycles. The van der Waals surface area contributed by atoms with E-state index in [1.54, 1.807) is 18.0 Å². The maximum Gasteiger partial charge on any atom is 0.103 e. The van der Waals surface area contributed by atoms with Crippen molar-refractivity contribution in [1.29, 1.82) is 0 Å². The second-order valence-electron chi connectivity index (χ2n) is 4.39. The van der Waals surface area contributed by atoms with Gasteiger partial charge in [-0.1, -0.05) is 0 Å². The predicted octanol–water partition coefficient (Wildman–Crippen LogP) is 4.43. The van der Waals surface area contributed by atoms with Crippen LogP contribution >= 0.6 is 11.8 Å². The molecule has 96 valence electrons. The van der Waals surface area contributed by atoms with Gasteiger partial charge in [0.2, 0.25) is 0 Å². The first-order valence-corrected chi connectivity index (χ1v) is 7.43. The maximum absolute atomic E-state index is 5.33. The molecule has 1 unspecified atom stereocenters. The van der Waals surface area contributed by atoms with E-state index in [9.17, 15) is 0 Å². The fourth-order valence-electron chi connectivity index (χ4n) is 1.86. The highest BCUT2D eigenvalue weighted by atomic mass is 32.2. The third-order valence-electron chi connectivity index (χ3n) is 2.91. The van der Waals surface area contributed by atoms with Gasteiger partial charge >= 0.3 is 0 Å². The number of benzene rings is 1. The van der Waals surface area contributed by atoms with Crippen molar-refractivity contribution in [1.82, 2.24) is 0 Å². The second kappa shape index (κ2) is 6.55. The molecule has 0 bridgehead atoms. The van der Waals surface area contributed by atoms with Crippen molar-refractivity contribution < 1.29 is 4.42 Å². The Morgan fingerprint density at radius 2 is 2.00 bits per heavy atom. The molecule has 1 N–H and O–H groups in total. The van der Waals surface area contributed by atoms with Crippen molar-refractivity contribution >= 4 is 17.4 Å². The first-order valence-electron chi connectivity index (χ1n) is 6.21. The number of anilines is 1. The van der Waals surface area contributed by atoms with E-state index in [2.05, 4.69) is 42.8 Å². The van der Waals surface area contributed by atoms with Crippen LogP contribution in [0.4, 0.5) is 5.69 Å². The fourth-order valence-corrected chi connectivity index (χ4v) is 2.27. The highest BCUT2D eigenvalue weighted by Gasteiger charge is 2.04. The standard InChI is InChI=1S/C15H19NOS/c1-12(5-8-14-4-3-11-17-14)16-13-6-9-15(18-2)10-7-13/h3-4,6-7,9-12,16H,5,8H2,1-2H3. The van der Waals surface area contributed by atoms with Crippen LogP contribution in [0.25, 0.3) is 0 Å². The molecule has 0 aliphatic rings. The van der Waals surface area contributed by atoms with Crippen LogP contribution in [0.15, 0.2) is 52.0 Å². The lowest BCUT2D eigenvalue weighted by Crippen LogP contribution is -2.15. The Morgan fingerprint density at radius 3 is 2.61 bits per heavy atom. The molecular formula is C15H19NOS. The minimum atomic E-state index is 0.440. The summed E-state index contributed by atoms with van der Waals surface area (Å²) in [5.74, 6) is 1.06. The van der Waals surface area contributed by atoms with Gasteiger partial charge in [-0.25, -0.2) is 0 Å². The third-order valence-corrected chi connectivity index (χ3v) is 3.65. The molecule has 1 aromatic carbocycles. The van der Waals surface area contributed by atoms with Gasteiger partial charge < -0.3 is 9.73 Å². The first kappa shape index (κ1) is 13.1. The zero-order valence-electron chi connectivity index (χ0n) is 10.8. The largest absolute Gasteiger partial charge is 0.469 e. The summed E-state index contributed by atoms with van der Waals surface area (Å²) in [4.78, 5) is 1.30. The molecule has 0 amide bonds. The zero-order chi connectivity index (χ0) is 12.8. The Bertz CT molecular complexity index is 450. The Kier molecular flexibility index (Phi) is 4.76. The Morgan fingerprint density at radius 1 is 1.22 bits per heavy atom. The van der Waals surface area contributed by atoms with Gasteiger partial charge in [-0.2, -0.15) is 0 Å². The van der Waals surface area contributed by atoms with Gasteiger partial charge in [0.1, 0.15) is 5.76 Å². The molecule has 0 saturated carbocycles. The molecule has 2 aromatic rings. The lowest BCUT2D eigenvalue weighted by Gasteiger charge is -2.14. The van der Waals surface area contributed by atoms with E-state index in [1.165, 1.54) is 10.6 Å². The molecule has 0 fully saturated rings. The summed E-state index contributed by atoms with van der Waals surface area (Å²) < 4.78 is 5.33. The summed E-state index contributed by atoms with van der Waals surface area (Å²) in [7, 11) is 0. The van der Waals surface area contributed by atoms with Crippen molar-refractivity contribution in [3.8, 4) is 0 Å². The van der Waals surface area contributed by atoms with Gasteiger partial charge in [-0.05, 0) is 56.0 Å². The quantitative estimate of drug-likeness (QED) is 0.778. The first-order chi connectivity index (χ1) is 8.78. The highest BCUT2D eigenvalue weighted by molar-refractivity contribution is 7.98. The molecular weight excluding hydrogens is 242 g/mol. The summed E-state index contributed by atoms with van der Waals surface area (Å²) in [5, 5.41) is 3.50. The van der Waals surface area contributed by atoms with Gasteiger partial charge in [0, 0.05) is 23.0 Å². The third kappa shape index (κ3) is 3.84. The number of thioether (sulfide) groups is 1. The van der Waals surface area contributed by atoms with Crippen LogP contribution in [0.3, 0.4) is 0 Å². The summed E-state index contributed by atoms with van der Waals surface area (Å²) in [6.07, 6.45) is 5.87. The smallest absolute Gasteiger partial charge is 0.103 e. The number of furan rings is 1. The van der Waals surface area contributed by atoms with E-state index >= 15 is 0 Å². The SMILES string of the molecule is CSc1ccc(NC(C)CCc2ccco2)cc1. The zero-order valence-corrected chi connectivity index (χ0v) is 11.7. The highest BCUT2D eigenvalue weighted by Crippen LogP contribution is 2.18. The van der Waals surface area contributed by atoms with Crippen molar-refractivity contribution in [2.75, 3.05) is 11.6 Å². The van der Waals surface area contributed by atoms with Crippen LogP contribution in [-0.2, 0) is 6.42 Å². The molecule has 0 radical (unpaired) electrons. The van der Waals surface area contributed by atoms with Crippen LogP contribution < -0.4 is 5.32 Å². The summed E-state index contributed by atoms with van der Waals surface area (Å²) in [6, 6.07) is 13.0. The summed E-state index contributed by atoms with van der Waals surface area (Å²) in [6.45, 7) is 2.20. The van der Waals surface area contributed by atoms with Crippen LogP contribution in [0.1, 0.15) is 19.1 Å². The maximum atomic E-state index is 5.33. The minimum Gasteiger partial charge on any atom is -0.469 e. The van der Waals surface area contributed by atoms with E-state index in [0.29, 0.717) is 6.04 Å². The van der Waals surface area contributed by atoms with E-state index < -0.39 is 0 Å². The molecule has 1 aromatic heterocycles. The van der Waals surface area contributed by atoms with E-state index in [1.807, 2.05) is 12.1 Å². The molecule has 0 aliphatic heterocycles. The summed E-state index contributed by atoms with van der Waals surface area (Å²) in [5.41, 5.74) is 1.18. The van der Waals surface area contributed by atoms with Crippen LogP contribution in [0.5, 0.6) is 0 Å². The van der Waals surface area contributed by atoms with E-state index in [0.717, 1.165) is 18.6 Å². The van der Waals surface area contributed by atoms with E-state index in [4.69, 9.17) is 4.42 Å². The molecule has 0 spiro atoms. The van der Waals surface area contributed by atoms with Crippen LogP contribution in [0, 0.1) is 0 Å². The topological polar surface area (TPSA) is 25.2 Å². The van der Waals surface area contributed by atoms with Gasteiger partial charge in [0.25, 0.3) is 0 Å². The molecule has 0 aliphatic carbocycles. The monoisotopic (exact) mass is 261 g/mol. The minimum absolute atomic E-state index is 0.440. The van der Waals surface area contributed by atoms with Gasteiger partial charge in [0.05, 0.1) is 6.26 Å². The fraction of sp³-hybridized carbons (Fsp3) is 0.333. The second-order valence-corrected chi connectivity index (χ2v) is 5.27. The lowest BCUT2D eigenvalue weighted by molar-refractivity contribution is 0.495. The number of rotatable bonds is 6. The van der Waals surface area contributed by atoms with Crippen LogP contribution in [-0.4, -0.2) is 12.3 Å². The van der Waals surface area contributed by atoms with Crippen molar-refractivity contribution in [3.63, 3.8) is 0 Å². The van der Waals surface area contributed by atoms with Gasteiger partial charge in [-0.15, -0.1) is 11.8 Å². The average Bonchev–Trinajstić information content (AvgIpc) is 2.90. The molecule has 3 heteroatoms. The lowest BCUT2D eigenvalue weighted by atomic mass is 10.1. The summed E-state index contributed by atoms with van der Waals surface area (Å²) >= 11 is 1.76. The number of nitrogens with one attached hydrogen (secondary N) is 1.